The molecule has 1 saturated heterocycles. The number of halogens is 1. The van der Waals surface area contributed by atoms with Crippen LogP contribution in [0, 0.1) is 0 Å². The molecule has 0 saturated carbocycles. The molecule has 0 bridgehead atoms. The molecule has 0 unspecified atom stereocenters. The molecule has 1 fully saturated rings. The molecule has 0 aromatic heterocycles. The molecule has 1 aromatic carbocycles. The lowest BCUT2D eigenvalue weighted by Crippen LogP contribution is -2.39. The lowest BCUT2D eigenvalue weighted by atomic mass is 10.1. The fraction of sp³-hybridized carbons (Fsp3) is 0.600. The van der Waals surface area contributed by atoms with Crippen LogP contribution in [0.1, 0.15) is 19.8 Å². The standard InChI is InChI=1S/C15H22BrNO2/c1-2-18-14-6-8-17(9-7-14)10-11-19-15-5-3-4-13(16)12-15/h3-5,12,14H,2,6-11H2,1H3. The average molecular weight is 328 g/mol. The van der Waals surface area contributed by atoms with Crippen LogP contribution in [0.5, 0.6) is 5.75 Å². The van der Waals surface area contributed by atoms with Gasteiger partial charge in [0.25, 0.3) is 0 Å². The van der Waals surface area contributed by atoms with Gasteiger partial charge in [0, 0.05) is 30.7 Å². The van der Waals surface area contributed by atoms with Crippen molar-refractivity contribution in [2.75, 3.05) is 32.8 Å². The highest BCUT2D eigenvalue weighted by molar-refractivity contribution is 9.10. The molecule has 3 nitrogen and oxygen atoms in total. The molecule has 1 aliphatic rings. The summed E-state index contributed by atoms with van der Waals surface area (Å²) in [5.41, 5.74) is 0. The fourth-order valence-corrected chi connectivity index (χ4v) is 2.76. The van der Waals surface area contributed by atoms with Gasteiger partial charge >= 0.3 is 0 Å². The van der Waals surface area contributed by atoms with Gasteiger partial charge in [0.1, 0.15) is 12.4 Å². The third kappa shape index (κ3) is 5.13. The summed E-state index contributed by atoms with van der Waals surface area (Å²) in [7, 11) is 0. The molecule has 1 aliphatic heterocycles. The van der Waals surface area contributed by atoms with E-state index in [4.69, 9.17) is 9.47 Å². The number of ether oxygens (including phenoxy) is 2. The molecule has 0 atom stereocenters. The van der Waals surface area contributed by atoms with E-state index in [-0.39, 0.29) is 0 Å². The monoisotopic (exact) mass is 327 g/mol. The van der Waals surface area contributed by atoms with Crippen molar-refractivity contribution in [3.05, 3.63) is 28.7 Å². The summed E-state index contributed by atoms with van der Waals surface area (Å²) in [5, 5.41) is 0. The van der Waals surface area contributed by atoms with Crippen LogP contribution in [0.2, 0.25) is 0 Å². The van der Waals surface area contributed by atoms with Crippen LogP contribution in [0.3, 0.4) is 0 Å². The predicted molar refractivity (Wildman–Crippen MR) is 80.7 cm³/mol. The van der Waals surface area contributed by atoms with Crippen molar-refractivity contribution in [3.63, 3.8) is 0 Å². The zero-order valence-corrected chi connectivity index (χ0v) is 13.1. The second kappa shape index (κ2) is 7.88. The van der Waals surface area contributed by atoms with Crippen LogP contribution < -0.4 is 4.74 Å². The quantitative estimate of drug-likeness (QED) is 0.800. The van der Waals surface area contributed by atoms with Crippen molar-refractivity contribution in [2.45, 2.75) is 25.9 Å². The average Bonchev–Trinajstić information content (AvgIpc) is 2.41. The molecule has 0 radical (unpaired) electrons. The van der Waals surface area contributed by atoms with Gasteiger partial charge in [-0.2, -0.15) is 0 Å². The summed E-state index contributed by atoms with van der Waals surface area (Å²) in [6.45, 7) is 6.87. The second-order valence-corrected chi connectivity index (χ2v) is 5.72. The van der Waals surface area contributed by atoms with Crippen LogP contribution in [0.25, 0.3) is 0 Å². The summed E-state index contributed by atoms with van der Waals surface area (Å²) in [4.78, 5) is 2.45. The van der Waals surface area contributed by atoms with Crippen LogP contribution in [0.15, 0.2) is 28.7 Å². The highest BCUT2D eigenvalue weighted by Gasteiger charge is 2.18. The van der Waals surface area contributed by atoms with Crippen LogP contribution in [-0.4, -0.2) is 43.9 Å². The Balaban J connectivity index is 1.64. The molecular formula is C15H22BrNO2. The first-order valence-corrected chi connectivity index (χ1v) is 7.79. The summed E-state index contributed by atoms with van der Waals surface area (Å²) in [6.07, 6.45) is 2.75. The smallest absolute Gasteiger partial charge is 0.120 e. The third-order valence-corrected chi connectivity index (χ3v) is 3.90. The van der Waals surface area contributed by atoms with Gasteiger partial charge in [0.15, 0.2) is 0 Å². The van der Waals surface area contributed by atoms with Gasteiger partial charge in [-0.05, 0) is 38.0 Å². The number of benzene rings is 1. The molecule has 0 aliphatic carbocycles. The largest absolute Gasteiger partial charge is 0.492 e. The van der Waals surface area contributed by atoms with E-state index in [9.17, 15) is 0 Å². The number of nitrogens with zero attached hydrogens (tertiary/aromatic N) is 1. The minimum absolute atomic E-state index is 0.465. The Morgan fingerprint density at radius 2 is 2.11 bits per heavy atom. The van der Waals surface area contributed by atoms with E-state index < -0.39 is 0 Å². The van der Waals surface area contributed by atoms with E-state index in [0.29, 0.717) is 6.10 Å². The second-order valence-electron chi connectivity index (χ2n) is 4.80. The first-order chi connectivity index (χ1) is 9.28. The van der Waals surface area contributed by atoms with Gasteiger partial charge in [-0.1, -0.05) is 22.0 Å². The highest BCUT2D eigenvalue weighted by Crippen LogP contribution is 2.18. The molecule has 1 aromatic rings. The van der Waals surface area contributed by atoms with E-state index in [1.807, 2.05) is 24.3 Å². The van der Waals surface area contributed by atoms with E-state index in [1.54, 1.807) is 0 Å². The lowest BCUT2D eigenvalue weighted by molar-refractivity contribution is 0.0119. The van der Waals surface area contributed by atoms with Crippen molar-refractivity contribution in [2.24, 2.45) is 0 Å². The number of piperidine rings is 1. The molecule has 0 N–H and O–H groups in total. The van der Waals surface area contributed by atoms with Crippen LogP contribution in [-0.2, 0) is 4.74 Å². The molecule has 1 heterocycles. The molecule has 4 heteroatoms. The van der Waals surface area contributed by atoms with Crippen LogP contribution in [0.4, 0.5) is 0 Å². The van der Waals surface area contributed by atoms with Gasteiger partial charge in [-0.15, -0.1) is 0 Å². The summed E-state index contributed by atoms with van der Waals surface area (Å²) in [6, 6.07) is 7.99. The van der Waals surface area contributed by atoms with Crippen molar-refractivity contribution in [1.29, 1.82) is 0 Å². The van der Waals surface area contributed by atoms with E-state index >= 15 is 0 Å². The maximum atomic E-state index is 5.76. The Morgan fingerprint density at radius 1 is 1.32 bits per heavy atom. The van der Waals surface area contributed by atoms with Gasteiger partial charge in [0.2, 0.25) is 0 Å². The molecular weight excluding hydrogens is 306 g/mol. The Labute approximate surface area is 124 Å². The Hall–Kier alpha value is -0.580. The Kier molecular flexibility index (Phi) is 6.14. The Morgan fingerprint density at radius 3 is 2.79 bits per heavy atom. The van der Waals surface area contributed by atoms with Gasteiger partial charge in [-0.25, -0.2) is 0 Å². The first kappa shape index (κ1) is 14.8. The van der Waals surface area contributed by atoms with E-state index in [1.165, 1.54) is 0 Å². The fourth-order valence-electron chi connectivity index (χ4n) is 2.38. The van der Waals surface area contributed by atoms with Crippen molar-refractivity contribution >= 4 is 15.9 Å². The minimum atomic E-state index is 0.465. The number of rotatable bonds is 6. The van der Waals surface area contributed by atoms with Gasteiger partial charge in [-0.3, -0.25) is 4.90 Å². The molecule has 19 heavy (non-hydrogen) atoms. The normalized spacial score (nSPS) is 17.6. The maximum Gasteiger partial charge on any atom is 0.120 e. The van der Waals surface area contributed by atoms with Crippen molar-refractivity contribution < 1.29 is 9.47 Å². The van der Waals surface area contributed by atoms with Crippen molar-refractivity contribution in [3.8, 4) is 5.75 Å². The zero-order chi connectivity index (χ0) is 13.5. The summed E-state index contributed by atoms with van der Waals surface area (Å²) in [5.74, 6) is 0.929. The van der Waals surface area contributed by atoms with Gasteiger partial charge < -0.3 is 9.47 Å². The van der Waals surface area contributed by atoms with Crippen molar-refractivity contribution in [1.82, 2.24) is 4.90 Å². The van der Waals surface area contributed by atoms with Gasteiger partial charge in [0.05, 0.1) is 6.10 Å². The summed E-state index contributed by atoms with van der Waals surface area (Å²) >= 11 is 3.45. The third-order valence-electron chi connectivity index (χ3n) is 3.41. The van der Waals surface area contributed by atoms with E-state index in [2.05, 4.69) is 27.8 Å². The maximum absolute atomic E-state index is 5.76. The first-order valence-electron chi connectivity index (χ1n) is 7.00. The number of likely N-dealkylation sites (tertiary alicyclic amines) is 1. The molecule has 0 spiro atoms. The SMILES string of the molecule is CCOC1CCN(CCOc2cccc(Br)c2)CC1. The van der Waals surface area contributed by atoms with E-state index in [0.717, 1.165) is 55.9 Å². The highest BCUT2D eigenvalue weighted by atomic mass is 79.9. The van der Waals surface area contributed by atoms with Crippen LogP contribution >= 0.6 is 15.9 Å². The minimum Gasteiger partial charge on any atom is -0.492 e. The molecule has 0 amide bonds. The molecule has 106 valence electrons. The Bertz CT molecular complexity index is 378. The summed E-state index contributed by atoms with van der Waals surface area (Å²) < 4.78 is 12.5. The molecule has 2 rings (SSSR count). The lowest BCUT2D eigenvalue weighted by Gasteiger charge is -2.31. The number of hydrogen-bond acceptors (Lipinski definition) is 3. The number of hydrogen-bond donors (Lipinski definition) is 0. The predicted octanol–water partition coefficient (Wildman–Crippen LogP) is 3.33. The topological polar surface area (TPSA) is 21.7 Å². The zero-order valence-electron chi connectivity index (χ0n) is 11.5.